The Morgan fingerprint density at radius 2 is 1.77 bits per heavy atom. The Balaban J connectivity index is 0.000000396. The van der Waals surface area contributed by atoms with E-state index < -0.39 is 0 Å². The van der Waals surface area contributed by atoms with Gasteiger partial charge in [0, 0.05) is 0 Å². The summed E-state index contributed by atoms with van der Waals surface area (Å²) in [5, 5.41) is 0. The van der Waals surface area contributed by atoms with Gasteiger partial charge in [-0.2, -0.15) is 0 Å². The van der Waals surface area contributed by atoms with Crippen LogP contribution in [0.3, 0.4) is 0 Å². The van der Waals surface area contributed by atoms with Crippen molar-refractivity contribution >= 4 is 0 Å². The fraction of sp³-hybridized carbons (Fsp3) is 0.846. The predicted octanol–water partition coefficient (Wildman–Crippen LogP) is 4.42. The molecule has 0 aromatic carbocycles. The number of allylic oxidation sites excluding steroid dienone is 1. The molecule has 2 fully saturated rings. The molecular weight excluding hydrogens is 156 g/mol. The van der Waals surface area contributed by atoms with Crippen LogP contribution in [0.25, 0.3) is 0 Å². The molecule has 2 aliphatic rings. The van der Waals surface area contributed by atoms with E-state index in [0.717, 1.165) is 5.92 Å². The SMILES string of the molecule is C=C1CC2CCC1(C)C2(C)C.CC. The van der Waals surface area contributed by atoms with Gasteiger partial charge in [0.1, 0.15) is 0 Å². The standard InChI is InChI=1S/C11H18.C2H6/c1-8-7-9-5-6-11(8,4)10(9,2)3;1-2/h9H,1,5-7H2,2-4H3;1-2H3. The minimum Gasteiger partial charge on any atom is -0.0993 e. The Labute approximate surface area is 83.4 Å². The van der Waals surface area contributed by atoms with Crippen LogP contribution in [-0.2, 0) is 0 Å². The minimum atomic E-state index is 0.470. The lowest BCUT2D eigenvalue weighted by Crippen LogP contribution is -2.27. The summed E-state index contributed by atoms with van der Waals surface area (Å²) < 4.78 is 0. The van der Waals surface area contributed by atoms with Gasteiger partial charge in [0.25, 0.3) is 0 Å². The first-order valence-corrected chi connectivity index (χ1v) is 5.67. The molecular formula is C13H24. The van der Waals surface area contributed by atoms with Gasteiger partial charge in [-0.05, 0) is 36.0 Å². The van der Waals surface area contributed by atoms with E-state index in [4.69, 9.17) is 0 Å². The second-order valence-electron chi connectivity index (χ2n) is 5.10. The van der Waals surface area contributed by atoms with Crippen molar-refractivity contribution in [3.05, 3.63) is 12.2 Å². The molecule has 0 heteroatoms. The summed E-state index contributed by atoms with van der Waals surface area (Å²) in [6.45, 7) is 15.4. The van der Waals surface area contributed by atoms with E-state index in [1.165, 1.54) is 24.8 Å². The van der Waals surface area contributed by atoms with Crippen molar-refractivity contribution in [1.82, 2.24) is 0 Å². The molecule has 0 aromatic rings. The molecule has 0 radical (unpaired) electrons. The molecule has 2 atom stereocenters. The molecule has 2 aliphatic carbocycles. The number of hydrogen-bond donors (Lipinski definition) is 0. The van der Waals surface area contributed by atoms with E-state index in [9.17, 15) is 0 Å². The summed E-state index contributed by atoms with van der Waals surface area (Å²) in [5.74, 6) is 0.931. The molecule has 0 N–H and O–H groups in total. The average molecular weight is 180 g/mol. The number of fused-ring (bicyclic) bond motifs is 2. The maximum Gasteiger partial charge on any atom is -0.00650 e. The minimum absolute atomic E-state index is 0.470. The van der Waals surface area contributed by atoms with Gasteiger partial charge in [-0.3, -0.25) is 0 Å². The molecule has 2 unspecified atom stereocenters. The molecule has 0 nitrogen and oxygen atoms in total. The van der Waals surface area contributed by atoms with Crippen LogP contribution in [-0.4, -0.2) is 0 Å². The highest BCUT2D eigenvalue weighted by molar-refractivity contribution is 5.26. The highest BCUT2D eigenvalue weighted by Crippen LogP contribution is 2.67. The van der Waals surface area contributed by atoms with Crippen molar-refractivity contribution in [2.24, 2.45) is 16.7 Å². The lowest BCUT2D eigenvalue weighted by atomic mass is 9.69. The Morgan fingerprint density at radius 1 is 1.23 bits per heavy atom. The second-order valence-corrected chi connectivity index (χ2v) is 5.10. The smallest absolute Gasteiger partial charge is 0.00650 e. The van der Waals surface area contributed by atoms with E-state index in [1.807, 2.05) is 13.8 Å². The molecule has 0 spiro atoms. The van der Waals surface area contributed by atoms with Crippen LogP contribution in [0.2, 0.25) is 0 Å². The van der Waals surface area contributed by atoms with Crippen molar-refractivity contribution in [2.75, 3.05) is 0 Å². The van der Waals surface area contributed by atoms with Crippen LogP contribution in [0, 0.1) is 16.7 Å². The van der Waals surface area contributed by atoms with Gasteiger partial charge in [0.2, 0.25) is 0 Å². The molecule has 2 saturated carbocycles. The molecule has 0 saturated heterocycles. The van der Waals surface area contributed by atoms with Gasteiger partial charge in [-0.1, -0.05) is 46.8 Å². The molecule has 0 amide bonds. The first kappa shape index (κ1) is 10.8. The zero-order chi connectivity index (χ0) is 10.3. The molecule has 0 heterocycles. The Hall–Kier alpha value is -0.260. The summed E-state index contributed by atoms with van der Waals surface area (Å²) in [4.78, 5) is 0. The first-order valence-electron chi connectivity index (χ1n) is 5.67. The normalized spacial score (nSPS) is 40.1. The predicted molar refractivity (Wildman–Crippen MR) is 59.7 cm³/mol. The van der Waals surface area contributed by atoms with Crippen molar-refractivity contribution in [3.8, 4) is 0 Å². The summed E-state index contributed by atoms with van der Waals surface area (Å²) >= 11 is 0. The summed E-state index contributed by atoms with van der Waals surface area (Å²) in [7, 11) is 0. The topological polar surface area (TPSA) is 0 Å². The zero-order valence-electron chi connectivity index (χ0n) is 9.91. The van der Waals surface area contributed by atoms with Crippen LogP contribution < -0.4 is 0 Å². The molecule has 0 aromatic heterocycles. The summed E-state index contributed by atoms with van der Waals surface area (Å²) in [5.41, 5.74) is 2.51. The maximum absolute atomic E-state index is 4.20. The fourth-order valence-electron chi connectivity index (χ4n) is 3.11. The number of hydrogen-bond acceptors (Lipinski definition) is 0. The Morgan fingerprint density at radius 3 is 1.92 bits per heavy atom. The largest absolute Gasteiger partial charge is 0.0993 e. The molecule has 0 aliphatic heterocycles. The third kappa shape index (κ3) is 1.18. The monoisotopic (exact) mass is 180 g/mol. The Bertz CT molecular complexity index is 212. The van der Waals surface area contributed by atoms with Crippen LogP contribution in [0.4, 0.5) is 0 Å². The van der Waals surface area contributed by atoms with E-state index >= 15 is 0 Å². The fourth-order valence-corrected chi connectivity index (χ4v) is 3.11. The summed E-state index contributed by atoms with van der Waals surface area (Å²) in [6.07, 6.45) is 4.11. The van der Waals surface area contributed by atoms with E-state index in [2.05, 4.69) is 27.4 Å². The lowest BCUT2D eigenvalue weighted by Gasteiger charge is -2.35. The van der Waals surface area contributed by atoms with Crippen molar-refractivity contribution in [1.29, 1.82) is 0 Å². The highest BCUT2D eigenvalue weighted by atomic mass is 14.6. The van der Waals surface area contributed by atoms with Crippen molar-refractivity contribution < 1.29 is 0 Å². The van der Waals surface area contributed by atoms with Gasteiger partial charge >= 0.3 is 0 Å². The second kappa shape index (κ2) is 3.15. The molecule has 2 bridgehead atoms. The third-order valence-electron chi connectivity index (χ3n) is 4.71. The van der Waals surface area contributed by atoms with Crippen LogP contribution in [0.5, 0.6) is 0 Å². The molecule has 2 rings (SSSR count). The van der Waals surface area contributed by atoms with Gasteiger partial charge in [0.15, 0.2) is 0 Å². The van der Waals surface area contributed by atoms with Crippen LogP contribution in [0.15, 0.2) is 12.2 Å². The third-order valence-corrected chi connectivity index (χ3v) is 4.71. The maximum atomic E-state index is 4.20. The zero-order valence-corrected chi connectivity index (χ0v) is 9.91. The van der Waals surface area contributed by atoms with Gasteiger partial charge in [-0.15, -0.1) is 0 Å². The van der Waals surface area contributed by atoms with Crippen molar-refractivity contribution in [3.63, 3.8) is 0 Å². The lowest BCUT2D eigenvalue weighted by molar-refractivity contribution is 0.179. The van der Waals surface area contributed by atoms with Gasteiger partial charge in [-0.25, -0.2) is 0 Å². The van der Waals surface area contributed by atoms with E-state index in [1.54, 1.807) is 0 Å². The van der Waals surface area contributed by atoms with E-state index in [0.29, 0.717) is 10.8 Å². The highest BCUT2D eigenvalue weighted by Gasteiger charge is 2.57. The van der Waals surface area contributed by atoms with Crippen LogP contribution >= 0.6 is 0 Å². The van der Waals surface area contributed by atoms with E-state index in [-0.39, 0.29) is 0 Å². The van der Waals surface area contributed by atoms with Gasteiger partial charge < -0.3 is 0 Å². The Kier molecular flexibility index (Phi) is 2.62. The number of rotatable bonds is 0. The quantitative estimate of drug-likeness (QED) is 0.484. The van der Waals surface area contributed by atoms with Crippen molar-refractivity contribution in [2.45, 2.75) is 53.9 Å². The van der Waals surface area contributed by atoms with Crippen LogP contribution in [0.1, 0.15) is 53.9 Å². The molecule has 13 heavy (non-hydrogen) atoms. The van der Waals surface area contributed by atoms with Gasteiger partial charge in [0.05, 0.1) is 0 Å². The average Bonchev–Trinajstić information content (AvgIpc) is 2.41. The summed E-state index contributed by atoms with van der Waals surface area (Å²) in [6, 6.07) is 0. The first-order chi connectivity index (χ1) is 5.98. The molecule has 76 valence electrons.